The third kappa shape index (κ3) is 5.44. The van der Waals surface area contributed by atoms with Gasteiger partial charge in [0.15, 0.2) is 4.67 Å². The van der Waals surface area contributed by atoms with Gasteiger partial charge in [0.1, 0.15) is 5.76 Å². The maximum Gasteiger partial charge on any atom is 0.208 e. The van der Waals surface area contributed by atoms with Crippen molar-refractivity contribution < 1.29 is 12.8 Å². The van der Waals surface area contributed by atoms with Gasteiger partial charge in [-0.05, 0) is 37.9 Å². The van der Waals surface area contributed by atoms with Crippen molar-refractivity contribution in [2.24, 2.45) is 0 Å². The van der Waals surface area contributed by atoms with Crippen molar-refractivity contribution in [2.75, 3.05) is 19.3 Å². The molecule has 16 heavy (non-hydrogen) atoms. The van der Waals surface area contributed by atoms with Crippen LogP contribution in [0.5, 0.6) is 0 Å². The Kier molecular flexibility index (Phi) is 5.45. The lowest BCUT2D eigenvalue weighted by Gasteiger charge is -2.03. The highest BCUT2D eigenvalue weighted by atomic mass is 79.9. The molecular weight excluding hydrogens is 364 g/mol. The minimum atomic E-state index is -3.10. The van der Waals surface area contributed by atoms with Crippen molar-refractivity contribution in [1.29, 1.82) is 0 Å². The fourth-order valence-corrected chi connectivity index (χ4v) is 2.15. The molecule has 0 aliphatic carbocycles. The highest BCUT2D eigenvalue weighted by Crippen LogP contribution is 2.26. The summed E-state index contributed by atoms with van der Waals surface area (Å²) in [6, 6.07) is 1.85. The van der Waals surface area contributed by atoms with Crippen molar-refractivity contribution >= 4 is 41.9 Å². The number of sulfonamides is 1. The van der Waals surface area contributed by atoms with Gasteiger partial charge in [-0.3, -0.25) is 0 Å². The SMILES string of the molecule is CS(=O)(=O)NCCNCc1cc(Br)c(Br)o1. The van der Waals surface area contributed by atoms with Crippen LogP contribution in [0.4, 0.5) is 0 Å². The second-order valence-corrected chi connectivity index (χ2v) is 6.59. The zero-order chi connectivity index (χ0) is 12.2. The van der Waals surface area contributed by atoms with Crippen LogP contribution in [0.1, 0.15) is 5.76 Å². The normalized spacial score (nSPS) is 11.9. The molecule has 2 N–H and O–H groups in total. The van der Waals surface area contributed by atoms with Crippen LogP contribution in [-0.4, -0.2) is 27.8 Å². The molecule has 0 bridgehead atoms. The van der Waals surface area contributed by atoms with Crippen LogP contribution < -0.4 is 10.0 Å². The van der Waals surface area contributed by atoms with Crippen LogP contribution >= 0.6 is 31.9 Å². The van der Waals surface area contributed by atoms with E-state index in [2.05, 4.69) is 41.9 Å². The third-order valence-electron chi connectivity index (χ3n) is 1.66. The predicted octanol–water partition coefficient (Wildman–Crippen LogP) is 1.44. The molecule has 0 unspecified atom stereocenters. The number of hydrogen-bond acceptors (Lipinski definition) is 4. The van der Waals surface area contributed by atoms with E-state index in [1.165, 1.54) is 0 Å². The molecule has 0 saturated heterocycles. The van der Waals surface area contributed by atoms with Crippen molar-refractivity contribution in [3.05, 3.63) is 21.0 Å². The molecular formula is C8H12Br2N2O3S. The molecule has 0 atom stereocenters. The molecule has 0 radical (unpaired) electrons. The molecule has 0 aliphatic heterocycles. The molecule has 92 valence electrons. The topological polar surface area (TPSA) is 71.3 Å². The van der Waals surface area contributed by atoms with Gasteiger partial charge in [-0.15, -0.1) is 0 Å². The van der Waals surface area contributed by atoms with Crippen LogP contribution in [0.2, 0.25) is 0 Å². The second-order valence-electron chi connectivity index (χ2n) is 3.18. The highest BCUT2D eigenvalue weighted by molar-refractivity contribution is 9.13. The first-order valence-electron chi connectivity index (χ1n) is 4.47. The lowest BCUT2D eigenvalue weighted by Crippen LogP contribution is -2.30. The van der Waals surface area contributed by atoms with E-state index >= 15 is 0 Å². The van der Waals surface area contributed by atoms with Crippen LogP contribution in [0.25, 0.3) is 0 Å². The standard InChI is InChI=1S/C8H12Br2N2O3S/c1-16(13,14)12-3-2-11-5-6-4-7(9)8(10)15-6/h4,11-12H,2-3,5H2,1H3. The van der Waals surface area contributed by atoms with Gasteiger partial charge in [0.25, 0.3) is 0 Å². The summed E-state index contributed by atoms with van der Waals surface area (Å²) < 4.78 is 30.7. The molecule has 8 heteroatoms. The van der Waals surface area contributed by atoms with Crippen LogP contribution in [0.3, 0.4) is 0 Å². The Balaban J connectivity index is 2.21. The van der Waals surface area contributed by atoms with Gasteiger partial charge in [-0.25, -0.2) is 13.1 Å². The number of halogens is 2. The molecule has 1 heterocycles. The molecule has 1 rings (SSSR count). The molecule has 1 aromatic heterocycles. The monoisotopic (exact) mass is 374 g/mol. The van der Waals surface area contributed by atoms with E-state index in [9.17, 15) is 8.42 Å². The summed E-state index contributed by atoms with van der Waals surface area (Å²) in [4.78, 5) is 0. The van der Waals surface area contributed by atoms with Gasteiger partial charge in [-0.2, -0.15) is 0 Å². The van der Waals surface area contributed by atoms with E-state index in [0.717, 1.165) is 16.5 Å². The van der Waals surface area contributed by atoms with E-state index in [0.29, 0.717) is 24.3 Å². The van der Waals surface area contributed by atoms with Crippen LogP contribution in [0, 0.1) is 0 Å². The lowest BCUT2D eigenvalue weighted by atomic mass is 10.4. The Labute approximate surface area is 111 Å². The summed E-state index contributed by atoms with van der Waals surface area (Å²) >= 11 is 6.54. The Morgan fingerprint density at radius 1 is 1.38 bits per heavy atom. The lowest BCUT2D eigenvalue weighted by molar-refractivity contribution is 0.465. The number of hydrogen-bond donors (Lipinski definition) is 2. The highest BCUT2D eigenvalue weighted by Gasteiger charge is 2.05. The van der Waals surface area contributed by atoms with Crippen LogP contribution in [-0.2, 0) is 16.6 Å². The molecule has 0 saturated carbocycles. The summed E-state index contributed by atoms with van der Waals surface area (Å²) in [5, 5.41) is 3.05. The first-order chi connectivity index (χ1) is 7.38. The van der Waals surface area contributed by atoms with E-state index < -0.39 is 10.0 Å². The summed E-state index contributed by atoms with van der Waals surface area (Å²) in [7, 11) is -3.10. The van der Waals surface area contributed by atoms with Crippen LogP contribution in [0.15, 0.2) is 19.6 Å². The second kappa shape index (κ2) is 6.15. The fourth-order valence-electron chi connectivity index (χ4n) is 1.01. The molecule has 0 fully saturated rings. The van der Waals surface area contributed by atoms with Gasteiger partial charge >= 0.3 is 0 Å². The molecule has 0 aliphatic rings. The first-order valence-corrected chi connectivity index (χ1v) is 7.95. The van der Waals surface area contributed by atoms with Gasteiger partial charge in [0.2, 0.25) is 10.0 Å². The van der Waals surface area contributed by atoms with E-state index in [-0.39, 0.29) is 0 Å². The Bertz CT molecular complexity index is 425. The van der Waals surface area contributed by atoms with Gasteiger partial charge in [0.05, 0.1) is 17.3 Å². The smallest absolute Gasteiger partial charge is 0.208 e. The van der Waals surface area contributed by atoms with Crippen molar-refractivity contribution in [2.45, 2.75) is 6.54 Å². The van der Waals surface area contributed by atoms with Gasteiger partial charge < -0.3 is 9.73 Å². The molecule has 0 aromatic carbocycles. The summed E-state index contributed by atoms with van der Waals surface area (Å²) in [6.45, 7) is 1.46. The Morgan fingerprint density at radius 3 is 2.56 bits per heavy atom. The zero-order valence-corrected chi connectivity index (χ0v) is 12.6. The Hall–Kier alpha value is 0.110. The van der Waals surface area contributed by atoms with Gasteiger partial charge in [-0.1, -0.05) is 0 Å². The maximum absolute atomic E-state index is 10.7. The van der Waals surface area contributed by atoms with E-state index in [4.69, 9.17) is 4.42 Å². The molecule has 5 nitrogen and oxygen atoms in total. The van der Waals surface area contributed by atoms with E-state index in [1.807, 2.05) is 6.07 Å². The Morgan fingerprint density at radius 2 is 2.06 bits per heavy atom. The average Bonchev–Trinajstić information content (AvgIpc) is 2.44. The summed E-state index contributed by atoms with van der Waals surface area (Å²) in [5.74, 6) is 0.776. The van der Waals surface area contributed by atoms with E-state index in [1.54, 1.807) is 0 Å². The summed E-state index contributed by atoms with van der Waals surface area (Å²) in [5.41, 5.74) is 0. The number of furan rings is 1. The van der Waals surface area contributed by atoms with Gasteiger partial charge in [0, 0.05) is 13.1 Å². The molecule has 1 aromatic rings. The largest absolute Gasteiger partial charge is 0.452 e. The number of rotatable bonds is 6. The third-order valence-corrected chi connectivity index (χ3v) is 4.10. The number of nitrogens with one attached hydrogen (secondary N) is 2. The zero-order valence-electron chi connectivity index (χ0n) is 8.59. The fraction of sp³-hybridized carbons (Fsp3) is 0.500. The minimum Gasteiger partial charge on any atom is -0.452 e. The summed E-state index contributed by atoms with van der Waals surface area (Å²) in [6.07, 6.45) is 1.13. The quantitative estimate of drug-likeness (QED) is 0.738. The molecule has 0 spiro atoms. The molecule has 0 amide bonds. The van der Waals surface area contributed by atoms with Crippen molar-refractivity contribution in [3.8, 4) is 0 Å². The first kappa shape index (κ1) is 14.2. The van der Waals surface area contributed by atoms with Crippen molar-refractivity contribution in [3.63, 3.8) is 0 Å². The average molecular weight is 376 g/mol. The minimum absolute atomic E-state index is 0.363. The van der Waals surface area contributed by atoms with Crippen molar-refractivity contribution in [1.82, 2.24) is 10.0 Å². The maximum atomic E-state index is 10.7. The predicted molar refractivity (Wildman–Crippen MR) is 68.7 cm³/mol.